The molecule has 0 radical (unpaired) electrons. The number of carbonyl (C=O) groups excluding carboxylic acids is 6. The van der Waals surface area contributed by atoms with Crippen molar-refractivity contribution in [2.75, 3.05) is 13.2 Å². The van der Waals surface area contributed by atoms with Crippen LogP contribution in [0.5, 0.6) is 0 Å². The van der Waals surface area contributed by atoms with Gasteiger partial charge in [-0.3, -0.25) is 24.0 Å². The SMILES string of the molecule is CCOC(=O)/N=N/C(C)(C)[N+]#C[C@@H](OC(C)=O)[C@H](OC(C)=O)[C@H](OC(C)=O)[C@@H](COC(C)=O)OC(C)=O.[Cl][Sb-]([Cl])([Cl])([Cl])([Cl])[Cl]. The van der Waals surface area contributed by atoms with E-state index in [1.807, 2.05) is 0 Å². The van der Waals surface area contributed by atoms with Crippen molar-refractivity contribution >= 4 is 98.1 Å². The van der Waals surface area contributed by atoms with Crippen molar-refractivity contribution in [3.05, 3.63) is 4.85 Å². The number of hydrogen-bond donors (Lipinski definition) is 0. The molecule has 0 aromatic heterocycles. The van der Waals surface area contributed by atoms with Crippen molar-refractivity contribution < 1.29 is 57.2 Å². The molecule has 0 aromatic rings. The van der Waals surface area contributed by atoms with Crippen LogP contribution in [0.3, 0.4) is 0 Å². The topological polar surface area (TPSA) is 187 Å². The maximum atomic E-state index is 11.9. The van der Waals surface area contributed by atoms with Gasteiger partial charge in [0.25, 0.3) is 6.10 Å². The van der Waals surface area contributed by atoms with Gasteiger partial charge in [0.2, 0.25) is 0 Å². The molecular weight excluding hydrogens is 833 g/mol. The van der Waals surface area contributed by atoms with E-state index < -0.39 is 81.8 Å². The first-order chi connectivity index (χ1) is 19.5. The molecule has 254 valence electrons. The molecule has 0 heterocycles. The van der Waals surface area contributed by atoms with Crippen molar-refractivity contribution in [2.24, 2.45) is 10.2 Å². The van der Waals surface area contributed by atoms with Gasteiger partial charge in [0.1, 0.15) is 6.61 Å². The summed E-state index contributed by atoms with van der Waals surface area (Å²) in [5, 5.41) is 7.08. The molecule has 0 rings (SSSR count). The zero-order valence-electron chi connectivity index (χ0n) is 24.7. The van der Waals surface area contributed by atoms with Crippen LogP contribution in [0.4, 0.5) is 4.79 Å². The first-order valence-electron chi connectivity index (χ1n) is 12.0. The number of rotatable bonds is 11. The molecule has 4 atom stereocenters. The Bertz CT molecular complexity index is 1160. The quantitative estimate of drug-likeness (QED) is 0.107. The Hall–Kier alpha value is -1.53. The summed E-state index contributed by atoms with van der Waals surface area (Å²) in [4.78, 5) is 74.3. The minimum absolute atomic E-state index is 0.0701. The van der Waals surface area contributed by atoms with Crippen LogP contribution in [0, 0.1) is 6.07 Å². The molecular formula is C22H32Cl6N3O12Sb. The number of hydrogen-bond acceptors (Lipinski definition) is 13. The van der Waals surface area contributed by atoms with Crippen molar-refractivity contribution in [3.63, 3.8) is 0 Å². The van der Waals surface area contributed by atoms with Crippen LogP contribution in [0.25, 0.3) is 4.85 Å². The van der Waals surface area contributed by atoms with Crippen LogP contribution >= 0.6 is 53.0 Å². The van der Waals surface area contributed by atoms with E-state index in [4.69, 9.17) is 76.7 Å². The molecule has 0 aliphatic rings. The summed E-state index contributed by atoms with van der Waals surface area (Å²) in [5.74, 6) is -4.28. The van der Waals surface area contributed by atoms with Crippen molar-refractivity contribution in [2.45, 2.75) is 85.5 Å². The Morgan fingerprint density at radius 2 is 1.16 bits per heavy atom. The van der Waals surface area contributed by atoms with Gasteiger partial charge in [-0.25, -0.2) is 4.79 Å². The van der Waals surface area contributed by atoms with Crippen molar-refractivity contribution in [1.29, 1.82) is 0 Å². The van der Waals surface area contributed by atoms with Crippen LogP contribution < -0.4 is 0 Å². The first-order valence-corrected chi connectivity index (χ1v) is 31.4. The summed E-state index contributed by atoms with van der Waals surface area (Å²) >= 11 is 0. The molecule has 0 aromatic carbocycles. The van der Waals surface area contributed by atoms with E-state index >= 15 is 0 Å². The molecule has 0 fully saturated rings. The molecule has 0 saturated carbocycles. The van der Waals surface area contributed by atoms with Crippen LogP contribution in [0.15, 0.2) is 10.2 Å². The van der Waals surface area contributed by atoms with Gasteiger partial charge in [-0.2, -0.15) is 0 Å². The predicted octanol–water partition coefficient (Wildman–Crippen LogP) is 5.71. The van der Waals surface area contributed by atoms with E-state index in [9.17, 15) is 28.8 Å². The van der Waals surface area contributed by atoms with Gasteiger partial charge in [-0.05, 0) is 11.8 Å². The molecule has 0 aliphatic heterocycles. The van der Waals surface area contributed by atoms with Crippen LogP contribution in [-0.4, -0.2) is 88.4 Å². The minimum atomic E-state index is -5.42. The number of esters is 5. The van der Waals surface area contributed by atoms with Crippen LogP contribution in [-0.2, 0) is 52.4 Å². The molecule has 44 heavy (non-hydrogen) atoms. The van der Waals surface area contributed by atoms with Gasteiger partial charge in [0.05, 0.1) is 6.61 Å². The number of halogens is 6. The second kappa shape index (κ2) is 18.0. The van der Waals surface area contributed by atoms with E-state index in [0.717, 1.165) is 34.6 Å². The standard InChI is InChI=1S/C22H32N3O12.6ClH.Sb/c1-9-32-21(31)24-25-22(7,8)23-10-17(34-13(3)27)19(36-15(5)29)20(37-16(6)30)18(35-14(4)28)11-33-12(2)26;;;;;;;/h17-20H,9,11H2,1-8H3;6*1H;/q+1;;;;;;;+5/p-6/b25-24+;;;;;;;/t17-,18-,19+,20-;;;;;;;/m1......./s1. The summed E-state index contributed by atoms with van der Waals surface area (Å²) in [6.45, 7) is 9.08. The van der Waals surface area contributed by atoms with Crippen LogP contribution in [0.1, 0.15) is 55.4 Å². The molecule has 0 N–H and O–H groups in total. The Balaban J connectivity index is 0. The number of amides is 1. The fourth-order valence-corrected chi connectivity index (χ4v) is 2.55. The van der Waals surface area contributed by atoms with E-state index in [0.29, 0.717) is 0 Å². The molecule has 0 unspecified atom stereocenters. The van der Waals surface area contributed by atoms with Gasteiger partial charge >= 0.3 is 110 Å². The van der Waals surface area contributed by atoms with Crippen molar-refractivity contribution in [3.8, 4) is 6.07 Å². The third-order valence-electron chi connectivity index (χ3n) is 3.76. The van der Waals surface area contributed by atoms with Gasteiger partial charge in [0.15, 0.2) is 18.3 Å². The zero-order valence-corrected chi connectivity index (χ0v) is 31.8. The van der Waals surface area contributed by atoms with Gasteiger partial charge in [-0.15, -0.1) is 0 Å². The van der Waals surface area contributed by atoms with Gasteiger partial charge < -0.3 is 28.4 Å². The molecule has 15 nitrogen and oxygen atoms in total. The average molecular weight is 865 g/mol. The molecule has 22 heteroatoms. The van der Waals surface area contributed by atoms with Gasteiger partial charge in [0, 0.05) is 48.5 Å². The second-order valence-corrected chi connectivity index (χ2v) is 65.6. The normalized spacial score (nSPS) is 15.5. The summed E-state index contributed by atoms with van der Waals surface area (Å²) < 4.78 is 30.4. The maximum absolute atomic E-state index is 11.9. The number of ether oxygens (including phenoxy) is 6. The molecule has 0 saturated heterocycles. The zero-order chi connectivity index (χ0) is 35.2. The van der Waals surface area contributed by atoms with E-state index in [2.05, 4.69) is 25.9 Å². The summed E-state index contributed by atoms with van der Waals surface area (Å²) in [7, 11) is 25.0. The molecule has 0 bridgehead atoms. The fourth-order valence-electron chi connectivity index (χ4n) is 2.55. The monoisotopic (exact) mass is 861 g/mol. The molecule has 0 spiro atoms. The Morgan fingerprint density at radius 3 is 1.55 bits per heavy atom. The van der Waals surface area contributed by atoms with Crippen molar-refractivity contribution in [1.82, 2.24) is 0 Å². The number of carbonyl (C=O) groups is 6. The first kappa shape index (κ1) is 44.6. The summed E-state index contributed by atoms with van der Waals surface area (Å²) in [6.07, 6.45) is -7.46. The summed E-state index contributed by atoms with van der Waals surface area (Å²) in [6, 6.07) is 2.44. The fraction of sp³-hybridized carbons (Fsp3) is 0.682. The Morgan fingerprint density at radius 1 is 0.727 bits per heavy atom. The third kappa shape index (κ3) is 29.2. The predicted molar refractivity (Wildman–Crippen MR) is 163 cm³/mol. The number of azo groups is 1. The molecule has 1 amide bonds. The Kier molecular flexibility index (Phi) is 18.2. The number of nitrogens with zero attached hydrogens (tertiary/aromatic N) is 3. The molecule has 0 aliphatic carbocycles. The van der Waals surface area contributed by atoms with E-state index in [-0.39, 0.29) is 6.61 Å². The second-order valence-electron chi connectivity index (χ2n) is 8.72. The average Bonchev–Trinajstić information content (AvgIpc) is 2.78. The summed E-state index contributed by atoms with van der Waals surface area (Å²) in [5.41, 5.74) is -1.45. The third-order valence-corrected chi connectivity index (χ3v) is 3.76. The van der Waals surface area contributed by atoms with E-state index in [1.165, 1.54) is 13.8 Å². The Labute approximate surface area is 273 Å². The van der Waals surface area contributed by atoms with E-state index in [1.54, 1.807) is 6.92 Å². The van der Waals surface area contributed by atoms with Gasteiger partial charge in [-0.1, -0.05) is 10.2 Å². The van der Waals surface area contributed by atoms with Crippen LogP contribution in [0.2, 0.25) is 0 Å².